The molecule has 0 aliphatic rings. The summed E-state index contributed by atoms with van der Waals surface area (Å²) in [5.41, 5.74) is 7.44. The fourth-order valence-electron chi connectivity index (χ4n) is 1.74. The van der Waals surface area contributed by atoms with Crippen LogP contribution in [0.1, 0.15) is 16.1 Å². The molecule has 1 aromatic carbocycles. The summed E-state index contributed by atoms with van der Waals surface area (Å²) in [4.78, 5) is 11.8. The Hall–Kier alpha value is -2.01. The molecule has 0 unspecified atom stereocenters. The predicted octanol–water partition coefficient (Wildman–Crippen LogP) is 1.63. The first kappa shape index (κ1) is 13.4. The topological polar surface area (TPSA) is 72.9 Å². The van der Waals surface area contributed by atoms with Gasteiger partial charge in [-0.25, -0.2) is 0 Å². The number of nitrogens with two attached hydrogens (primary N) is 1. The number of rotatable bonds is 4. The molecule has 0 bridgehead atoms. The highest BCUT2D eigenvalue weighted by Gasteiger charge is 2.12. The molecule has 3 N–H and O–H groups in total. The van der Waals surface area contributed by atoms with E-state index in [2.05, 4.69) is 10.4 Å². The van der Waals surface area contributed by atoms with Crippen molar-refractivity contribution in [1.29, 1.82) is 0 Å². The van der Waals surface area contributed by atoms with Gasteiger partial charge in [0.15, 0.2) is 5.69 Å². The summed E-state index contributed by atoms with van der Waals surface area (Å²) in [5.74, 6) is -0.257. The normalized spacial score (nSPS) is 10.4. The number of anilines is 1. The highest BCUT2D eigenvalue weighted by Crippen LogP contribution is 2.10. The van der Waals surface area contributed by atoms with E-state index in [-0.39, 0.29) is 11.6 Å². The number of nitrogens with one attached hydrogen (secondary N) is 1. The molecular formula is C13H15ClN4O. The first-order chi connectivity index (χ1) is 9.06. The standard InChI is InChI=1S/C13H15ClN4O/c1-18-8-11(15)12(17-18)13(19)16-7-6-9-2-4-10(14)5-3-9/h2-5,8H,6-7,15H2,1H3,(H,16,19). The van der Waals surface area contributed by atoms with Crippen molar-refractivity contribution >= 4 is 23.2 Å². The van der Waals surface area contributed by atoms with Crippen molar-refractivity contribution in [3.8, 4) is 0 Å². The van der Waals surface area contributed by atoms with Gasteiger partial charge in [0.1, 0.15) is 0 Å². The number of carbonyl (C=O) groups excluding carboxylic acids is 1. The Morgan fingerprint density at radius 3 is 2.68 bits per heavy atom. The van der Waals surface area contributed by atoms with Crippen LogP contribution in [0.2, 0.25) is 5.02 Å². The summed E-state index contributed by atoms with van der Waals surface area (Å²) < 4.78 is 1.52. The van der Waals surface area contributed by atoms with Crippen LogP contribution >= 0.6 is 11.6 Å². The van der Waals surface area contributed by atoms with Gasteiger partial charge in [-0.05, 0) is 24.1 Å². The Labute approximate surface area is 116 Å². The van der Waals surface area contributed by atoms with Crippen LogP contribution in [0.15, 0.2) is 30.5 Å². The lowest BCUT2D eigenvalue weighted by molar-refractivity contribution is 0.0949. The largest absolute Gasteiger partial charge is 0.396 e. The van der Waals surface area contributed by atoms with Gasteiger partial charge in [0.05, 0.1) is 5.69 Å². The van der Waals surface area contributed by atoms with E-state index in [1.54, 1.807) is 13.2 Å². The number of amides is 1. The quantitative estimate of drug-likeness (QED) is 0.893. The molecule has 0 spiro atoms. The summed E-state index contributed by atoms with van der Waals surface area (Å²) >= 11 is 5.80. The van der Waals surface area contributed by atoms with Crippen molar-refractivity contribution in [3.63, 3.8) is 0 Å². The van der Waals surface area contributed by atoms with Crippen molar-refractivity contribution in [2.24, 2.45) is 7.05 Å². The Kier molecular flexibility index (Phi) is 4.06. The van der Waals surface area contributed by atoms with E-state index in [0.717, 1.165) is 12.0 Å². The van der Waals surface area contributed by atoms with E-state index in [4.69, 9.17) is 17.3 Å². The minimum Gasteiger partial charge on any atom is -0.396 e. The molecule has 19 heavy (non-hydrogen) atoms. The van der Waals surface area contributed by atoms with Gasteiger partial charge in [-0.2, -0.15) is 5.10 Å². The fraction of sp³-hybridized carbons (Fsp3) is 0.231. The van der Waals surface area contributed by atoms with Crippen LogP contribution < -0.4 is 11.1 Å². The number of nitrogens with zero attached hydrogens (tertiary/aromatic N) is 2. The Morgan fingerprint density at radius 2 is 2.11 bits per heavy atom. The zero-order valence-corrected chi connectivity index (χ0v) is 11.3. The van der Waals surface area contributed by atoms with Gasteiger partial charge in [0.2, 0.25) is 0 Å². The van der Waals surface area contributed by atoms with Gasteiger partial charge in [0.25, 0.3) is 5.91 Å². The van der Waals surface area contributed by atoms with Crippen LogP contribution in [0.25, 0.3) is 0 Å². The Balaban J connectivity index is 1.87. The third kappa shape index (κ3) is 3.48. The second-order valence-corrected chi connectivity index (χ2v) is 4.68. The average molecular weight is 279 g/mol. The smallest absolute Gasteiger partial charge is 0.273 e. The number of hydrogen-bond acceptors (Lipinski definition) is 3. The zero-order valence-electron chi connectivity index (χ0n) is 10.6. The minimum atomic E-state index is -0.257. The summed E-state index contributed by atoms with van der Waals surface area (Å²) in [6.07, 6.45) is 2.34. The van der Waals surface area contributed by atoms with Crippen molar-refractivity contribution in [3.05, 3.63) is 46.7 Å². The van der Waals surface area contributed by atoms with E-state index in [1.807, 2.05) is 24.3 Å². The molecule has 1 heterocycles. The second-order valence-electron chi connectivity index (χ2n) is 4.24. The highest BCUT2D eigenvalue weighted by molar-refractivity contribution is 6.30. The maximum Gasteiger partial charge on any atom is 0.273 e. The third-order valence-corrected chi connectivity index (χ3v) is 2.94. The summed E-state index contributed by atoms with van der Waals surface area (Å²) in [6, 6.07) is 7.53. The van der Waals surface area contributed by atoms with E-state index < -0.39 is 0 Å². The molecule has 1 amide bonds. The highest BCUT2D eigenvalue weighted by atomic mass is 35.5. The van der Waals surface area contributed by atoms with Gasteiger partial charge in [-0.15, -0.1) is 0 Å². The predicted molar refractivity (Wildman–Crippen MR) is 75.1 cm³/mol. The van der Waals surface area contributed by atoms with Crippen molar-refractivity contribution < 1.29 is 4.79 Å². The van der Waals surface area contributed by atoms with Crippen LogP contribution in [-0.2, 0) is 13.5 Å². The maximum absolute atomic E-state index is 11.8. The molecule has 1 aromatic heterocycles. The average Bonchev–Trinajstić information content (AvgIpc) is 2.71. The minimum absolute atomic E-state index is 0.257. The number of halogens is 1. The number of aryl methyl sites for hydroxylation is 1. The summed E-state index contributed by atoms with van der Waals surface area (Å²) in [5, 5.41) is 7.50. The summed E-state index contributed by atoms with van der Waals surface area (Å²) in [6.45, 7) is 0.524. The maximum atomic E-state index is 11.8. The number of nitrogen functional groups attached to an aromatic ring is 1. The van der Waals surface area contributed by atoms with Crippen LogP contribution in [0.5, 0.6) is 0 Å². The monoisotopic (exact) mass is 278 g/mol. The molecule has 5 nitrogen and oxygen atoms in total. The van der Waals surface area contributed by atoms with E-state index in [1.165, 1.54) is 4.68 Å². The first-order valence-electron chi connectivity index (χ1n) is 5.88. The molecule has 0 saturated carbocycles. The third-order valence-electron chi connectivity index (χ3n) is 2.68. The van der Waals surface area contributed by atoms with Crippen molar-refractivity contribution in [2.75, 3.05) is 12.3 Å². The van der Waals surface area contributed by atoms with Crippen LogP contribution in [0.3, 0.4) is 0 Å². The molecule has 2 rings (SSSR count). The lowest BCUT2D eigenvalue weighted by Crippen LogP contribution is -2.26. The molecular weight excluding hydrogens is 264 g/mol. The molecule has 0 aliphatic carbocycles. The first-order valence-corrected chi connectivity index (χ1v) is 6.26. The SMILES string of the molecule is Cn1cc(N)c(C(=O)NCCc2ccc(Cl)cc2)n1. The van der Waals surface area contributed by atoms with E-state index >= 15 is 0 Å². The van der Waals surface area contributed by atoms with E-state index in [0.29, 0.717) is 17.3 Å². The number of hydrogen-bond donors (Lipinski definition) is 2. The summed E-state index contributed by atoms with van der Waals surface area (Å²) in [7, 11) is 1.72. The molecule has 0 atom stereocenters. The number of aromatic nitrogens is 2. The Bertz CT molecular complexity index is 577. The molecule has 6 heteroatoms. The molecule has 0 radical (unpaired) electrons. The lowest BCUT2D eigenvalue weighted by atomic mass is 10.1. The van der Waals surface area contributed by atoms with Crippen molar-refractivity contribution in [2.45, 2.75) is 6.42 Å². The second kappa shape index (κ2) is 5.75. The lowest BCUT2D eigenvalue weighted by Gasteiger charge is -2.04. The molecule has 0 fully saturated rings. The van der Waals surface area contributed by atoms with Crippen LogP contribution in [0, 0.1) is 0 Å². The fourth-order valence-corrected chi connectivity index (χ4v) is 1.86. The van der Waals surface area contributed by atoms with Gasteiger partial charge < -0.3 is 11.1 Å². The number of benzene rings is 1. The van der Waals surface area contributed by atoms with Crippen LogP contribution in [0.4, 0.5) is 5.69 Å². The Morgan fingerprint density at radius 1 is 1.42 bits per heavy atom. The van der Waals surface area contributed by atoms with Crippen molar-refractivity contribution in [1.82, 2.24) is 15.1 Å². The van der Waals surface area contributed by atoms with Gasteiger partial charge in [-0.3, -0.25) is 9.48 Å². The van der Waals surface area contributed by atoms with Gasteiger partial charge in [0, 0.05) is 24.8 Å². The van der Waals surface area contributed by atoms with Gasteiger partial charge in [-0.1, -0.05) is 23.7 Å². The molecule has 100 valence electrons. The molecule has 0 saturated heterocycles. The van der Waals surface area contributed by atoms with E-state index in [9.17, 15) is 4.79 Å². The zero-order chi connectivity index (χ0) is 13.8. The number of carbonyl (C=O) groups is 1. The molecule has 0 aliphatic heterocycles. The van der Waals surface area contributed by atoms with Crippen LogP contribution in [-0.4, -0.2) is 22.2 Å². The van der Waals surface area contributed by atoms with Gasteiger partial charge >= 0.3 is 0 Å². The molecule has 2 aromatic rings.